The fourth-order valence-electron chi connectivity index (χ4n) is 3.76. The third kappa shape index (κ3) is 5.53. The molecule has 0 unspecified atom stereocenters. The molecule has 1 aliphatic heterocycles. The zero-order valence-electron chi connectivity index (χ0n) is 13.7. The van der Waals surface area contributed by atoms with Gasteiger partial charge < -0.3 is 10.2 Å². The fourth-order valence-corrected chi connectivity index (χ4v) is 5.07. The lowest BCUT2D eigenvalue weighted by atomic mass is 9.85. The van der Waals surface area contributed by atoms with E-state index >= 15 is 0 Å². The number of rotatable bonds is 6. The molecule has 124 valence electrons. The molecule has 0 aromatic rings. The lowest BCUT2D eigenvalue weighted by molar-refractivity contribution is 0.155. The lowest BCUT2D eigenvalue weighted by Crippen LogP contribution is -2.44. The van der Waals surface area contributed by atoms with E-state index in [0.717, 1.165) is 39.1 Å². The van der Waals surface area contributed by atoms with Gasteiger partial charge in [-0.2, -0.15) is 0 Å². The molecule has 0 spiro atoms. The van der Waals surface area contributed by atoms with Crippen LogP contribution in [0.1, 0.15) is 46.0 Å². The maximum absolute atomic E-state index is 11.7. The Balaban J connectivity index is 1.89. The van der Waals surface area contributed by atoms with Gasteiger partial charge in [0.05, 0.1) is 11.5 Å². The summed E-state index contributed by atoms with van der Waals surface area (Å²) in [5.74, 6) is 1.41. The number of sulfone groups is 1. The van der Waals surface area contributed by atoms with Crippen LogP contribution in [0.3, 0.4) is 0 Å². The Hall–Kier alpha value is -0.130. The van der Waals surface area contributed by atoms with Crippen LogP contribution < -0.4 is 5.32 Å². The molecule has 1 N–H and O–H groups in total. The highest BCUT2D eigenvalue weighted by atomic mass is 32.2. The Bertz CT molecular complexity index is 414. The summed E-state index contributed by atoms with van der Waals surface area (Å²) in [7, 11) is -2.79. The molecule has 1 aliphatic carbocycles. The second-order valence-corrected chi connectivity index (χ2v) is 9.82. The summed E-state index contributed by atoms with van der Waals surface area (Å²) in [5, 5.41) is 3.64. The summed E-state index contributed by atoms with van der Waals surface area (Å²) in [4.78, 5) is 2.41. The van der Waals surface area contributed by atoms with Gasteiger partial charge >= 0.3 is 0 Å². The molecule has 2 rings (SSSR count). The van der Waals surface area contributed by atoms with Crippen LogP contribution in [0.5, 0.6) is 0 Å². The van der Waals surface area contributed by atoms with Crippen molar-refractivity contribution in [3.8, 4) is 0 Å². The number of hydrogen-bond acceptors (Lipinski definition) is 4. The van der Waals surface area contributed by atoms with Crippen molar-refractivity contribution < 1.29 is 8.42 Å². The van der Waals surface area contributed by atoms with Crippen LogP contribution in [0.25, 0.3) is 0 Å². The van der Waals surface area contributed by atoms with Gasteiger partial charge in [-0.3, -0.25) is 0 Å². The molecule has 4 nitrogen and oxygen atoms in total. The van der Waals surface area contributed by atoms with E-state index in [1.54, 1.807) is 0 Å². The Labute approximate surface area is 130 Å². The van der Waals surface area contributed by atoms with Crippen LogP contribution in [-0.4, -0.2) is 57.5 Å². The Kier molecular flexibility index (Phi) is 6.09. The minimum atomic E-state index is -2.79. The molecule has 0 bridgehead atoms. The standard InChI is InChI=1S/C16H32N2O2S/c1-15(2)12-17-13-16(6-3-4-7-16)14-18-8-5-10-21(19,20)11-9-18/h15,17H,3-14H2,1-2H3. The molecular weight excluding hydrogens is 284 g/mol. The first-order chi connectivity index (χ1) is 9.91. The van der Waals surface area contributed by atoms with Crippen LogP contribution in [0.15, 0.2) is 0 Å². The van der Waals surface area contributed by atoms with Gasteiger partial charge in [-0.1, -0.05) is 26.7 Å². The van der Waals surface area contributed by atoms with E-state index in [9.17, 15) is 8.42 Å². The van der Waals surface area contributed by atoms with Crippen LogP contribution in [0, 0.1) is 11.3 Å². The molecule has 1 heterocycles. The van der Waals surface area contributed by atoms with Crippen molar-refractivity contribution in [3.05, 3.63) is 0 Å². The first-order valence-electron chi connectivity index (χ1n) is 8.54. The summed E-state index contributed by atoms with van der Waals surface area (Å²) >= 11 is 0. The van der Waals surface area contributed by atoms with Gasteiger partial charge in [0.15, 0.2) is 9.84 Å². The van der Waals surface area contributed by atoms with E-state index in [0.29, 0.717) is 22.8 Å². The highest BCUT2D eigenvalue weighted by Crippen LogP contribution is 2.38. The highest BCUT2D eigenvalue weighted by molar-refractivity contribution is 7.91. The maximum atomic E-state index is 11.7. The topological polar surface area (TPSA) is 49.4 Å². The molecule has 2 aliphatic rings. The van der Waals surface area contributed by atoms with Gasteiger partial charge in [-0.25, -0.2) is 8.42 Å². The summed E-state index contributed by atoms with van der Waals surface area (Å²) in [6.07, 6.45) is 6.05. The minimum absolute atomic E-state index is 0.350. The average molecular weight is 317 g/mol. The van der Waals surface area contributed by atoms with Crippen LogP contribution >= 0.6 is 0 Å². The molecular formula is C16H32N2O2S. The molecule has 0 atom stereocenters. The summed E-state index contributed by atoms with van der Waals surface area (Å²) in [5.41, 5.74) is 0.378. The van der Waals surface area contributed by atoms with E-state index in [-0.39, 0.29) is 0 Å². The fraction of sp³-hybridized carbons (Fsp3) is 1.00. The van der Waals surface area contributed by atoms with Crippen molar-refractivity contribution >= 4 is 9.84 Å². The van der Waals surface area contributed by atoms with Crippen molar-refractivity contribution in [2.24, 2.45) is 11.3 Å². The van der Waals surface area contributed by atoms with Crippen molar-refractivity contribution in [1.82, 2.24) is 10.2 Å². The average Bonchev–Trinajstić information content (AvgIpc) is 2.77. The quantitative estimate of drug-likeness (QED) is 0.813. The number of hydrogen-bond donors (Lipinski definition) is 1. The Morgan fingerprint density at radius 3 is 2.48 bits per heavy atom. The van der Waals surface area contributed by atoms with Gasteiger partial charge in [0.25, 0.3) is 0 Å². The van der Waals surface area contributed by atoms with E-state index in [1.165, 1.54) is 25.7 Å². The largest absolute Gasteiger partial charge is 0.316 e. The third-order valence-electron chi connectivity index (χ3n) is 4.92. The first-order valence-corrected chi connectivity index (χ1v) is 10.4. The predicted octanol–water partition coefficient (Wildman–Crippen LogP) is 1.91. The Morgan fingerprint density at radius 2 is 1.81 bits per heavy atom. The summed E-state index contributed by atoms with van der Waals surface area (Å²) in [6.45, 7) is 9.42. The molecule has 0 aromatic heterocycles. The summed E-state index contributed by atoms with van der Waals surface area (Å²) in [6, 6.07) is 0. The molecule has 5 heteroatoms. The van der Waals surface area contributed by atoms with Crippen LogP contribution in [-0.2, 0) is 9.84 Å². The molecule has 0 amide bonds. The number of nitrogens with one attached hydrogen (secondary N) is 1. The second kappa shape index (κ2) is 7.42. The lowest BCUT2D eigenvalue weighted by Gasteiger charge is -2.35. The van der Waals surface area contributed by atoms with Crippen LogP contribution in [0.2, 0.25) is 0 Å². The predicted molar refractivity (Wildman–Crippen MR) is 88.3 cm³/mol. The molecule has 0 radical (unpaired) electrons. The molecule has 2 fully saturated rings. The Morgan fingerprint density at radius 1 is 1.10 bits per heavy atom. The van der Waals surface area contributed by atoms with Crippen molar-refractivity contribution in [3.63, 3.8) is 0 Å². The van der Waals surface area contributed by atoms with Crippen molar-refractivity contribution in [2.45, 2.75) is 46.0 Å². The normalized spacial score (nSPS) is 26.0. The summed E-state index contributed by atoms with van der Waals surface area (Å²) < 4.78 is 23.5. The maximum Gasteiger partial charge on any atom is 0.151 e. The molecule has 1 saturated heterocycles. The first kappa shape index (κ1) is 17.2. The van der Waals surface area contributed by atoms with Gasteiger partial charge in [-0.05, 0) is 43.7 Å². The molecule has 21 heavy (non-hydrogen) atoms. The van der Waals surface area contributed by atoms with Crippen LogP contribution in [0.4, 0.5) is 0 Å². The van der Waals surface area contributed by atoms with Crippen molar-refractivity contribution in [2.75, 3.05) is 44.2 Å². The minimum Gasteiger partial charge on any atom is -0.316 e. The van der Waals surface area contributed by atoms with Crippen molar-refractivity contribution in [1.29, 1.82) is 0 Å². The van der Waals surface area contributed by atoms with Gasteiger partial charge in [-0.15, -0.1) is 0 Å². The molecule has 0 aromatic carbocycles. The zero-order valence-corrected chi connectivity index (χ0v) is 14.6. The second-order valence-electron chi connectivity index (χ2n) is 7.51. The van der Waals surface area contributed by atoms with Gasteiger partial charge in [0, 0.05) is 19.6 Å². The van der Waals surface area contributed by atoms with E-state index in [2.05, 4.69) is 24.1 Å². The van der Waals surface area contributed by atoms with E-state index in [4.69, 9.17) is 0 Å². The van der Waals surface area contributed by atoms with E-state index < -0.39 is 9.84 Å². The zero-order chi connectivity index (χ0) is 15.3. The smallest absolute Gasteiger partial charge is 0.151 e. The highest BCUT2D eigenvalue weighted by Gasteiger charge is 2.35. The van der Waals surface area contributed by atoms with Gasteiger partial charge in [0.2, 0.25) is 0 Å². The SMILES string of the molecule is CC(C)CNCC1(CN2CCCS(=O)(=O)CC2)CCCC1. The molecule has 1 saturated carbocycles. The monoisotopic (exact) mass is 316 g/mol. The van der Waals surface area contributed by atoms with E-state index in [1.807, 2.05) is 0 Å². The van der Waals surface area contributed by atoms with Gasteiger partial charge in [0.1, 0.15) is 0 Å². The third-order valence-corrected chi connectivity index (χ3v) is 6.64. The number of nitrogens with zero attached hydrogens (tertiary/aromatic N) is 1.